The molecule has 0 spiro atoms. The lowest BCUT2D eigenvalue weighted by atomic mass is 9.99. The van der Waals surface area contributed by atoms with Crippen LogP contribution in [0.4, 0.5) is 0 Å². The van der Waals surface area contributed by atoms with E-state index < -0.39 is 0 Å². The van der Waals surface area contributed by atoms with E-state index in [-0.39, 0.29) is 11.5 Å². The molecule has 0 bridgehead atoms. The molecular formula is C11H21NO2. The minimum atomic E-state index is -0.105. The molecule has 0 radical (unpaired) electrons. The quantitative estimate of drug-likeness (QED) is 0.662. The monoisotopic (exact) mass is 199 g/mol. The zero-order chi connectivity index (χ0) is 10.6. The van der Waals surface area contributed by atoms with Crippen molar-refractivity contribution in [2.45, 2.75) is 45.6 Å². The lowest BCUT2D eigenvalue weighted by molar-refractivity contribution is -0.143. The van der Waals surface area contributed by atoms with Gasteiger partial charge < -0.3 is 10.1 Å². The first-order valence-electron chi connectivity index (χ1n) is 5.47. The van der Waals surface area contributed by atoms with Crippen LogP contribution in [0.25, 0.3) is 0 Å². The van der Waals surface area contributed by atoms with Gasteiger partial charge in [0.2, 0.25) is 0 Å². The van der Waals surface area contributed by atoms with Gasteiger partial charge in [-0.3, -0.25) is 4.79 Å². The summed E-state index contributed by atoms with van der Waals surface area (Å²) >= 11 is 0. The Morgan fingerprint density at radius 3 is 2.64 bits per heavy atom. The van der Waals surface area contributed by atoms with Gasteiger partial charge >= 0.3 is 5.97 Å². The highest BCUT2D eigenvalue weighted by atomic mass is 16.5. The van der Waals surface area contributed by atoms with Crippen molar-refractivity contribution in [3.63, 3.8) is 0 Å². The molecule has 0 aliphatic heterocycles. The summed E-state index contributed by atoms with van der Waals surface area (Å²) in [6.07, 6.45) is 3.11. The summed E-state index contributed by atoms with van der Waals surface area (Å²) in [6, 6.07) is 0. The van der Waals surface area contributed by atoms with Gasteiger partial charge in [0.25, 0.3) is 0 Å². The number of ether oxygens (including phenoxy) is 1. The molecule has 0 aromatic rings. The maximum atomic E-state index is 11.1. The van der Waals surface area contributed by atoms with Crippen LogP contribution in [0.5, 0.6) is 0 Å². The molecule has 0 heterocycles. The summed E-state index contributed by atoms with van der Waals surface area (Å²) in [4.78, 5) is 11.1. The topological polar surface area (TPSA) is 38.3 Å². The van der Waals surface area contributed by atoms with E-state index in [9.17, 15) is 4.79 Å². The van der Waals surface area contributed by atoms with E-state index in [1.54, 1.807) is 0 Å². The van der Waals surface area contributed by atoms with Crippen molar-refractivity contribution < 1.29 is 9.53 Å². The fraction of sp³-hybridized carbons (Fsp3) is 0.909. The first-order valence-corrected chi connectivity index (χ1v) is 5.47. The molecule has 14 heavy (non-hydrogen) atoms. The van der Waals surface area contributed by atoms with Gasteiger partial charge in [0, 0.05) is 12.1 Å². The van der Waals surface area contributed by atoms with Crippen LogP contribution in [0.15, 0.2) is 0 Å². The molecule has 0 atom stereocenters. The summed E-state index contributed by atoms with van der Waals surface area (Å²) in [5, 5.41) is 3.41. The average molecular weight is 199 g/mol. The Labute approximate surface area is 86.2 Å². The normalized spacial score (nSPS) is 16.8. The SMILES string of the molecule is CCOC(=O)CCNC(C)(C)C1CC1. The third kappa shape index (κ3) is 3.66. The van der Waals surface area contributed by atoms with Crippen LogP contribution in [0.3, 0.4) is 0 Å². The Morgan fingerprint density at radius 2 is 2.14 bits per heavy atom. The zero-order valence-electron chi connectivity index (χ0n) is 9.43. The molecule has 1 saturated carbocycles. The second-order valence-corrected chi connectivity index (χ2v) is 4.48. The standard InChI is InChI=1S/C11H21NO2/c1-4-14-10(13)7-8-12-11(2,3)9-5-6-9/h9,12H,4-8H2,1-3H3. The molecule has 82 valence electrons. The number of carbonyl (C=O) groups is 1. The summed E-state index contributed by atoms with van der Waals surface area (Å²) in [6.45, 7) is 7.44. The van der Waals surface area contributed by atoms with Crippen molar-refractivity contribution in [1.82, 2.24) is 5.32 Å². The van der Waals surface area contributed by atoms with E-state index in [1.165, 1.54) is 12.8 Å². The number of hydrogen-bond acceptors (Lipinski definition) is 3. The summed E-state index contributed by atoms with van der Waals surface area (Å²) < 4.78 is 4.85. The third-order valence-corrected chi connectivity index (χ3v) is 2.81. The van der Waals surface area contributed by atoms with Crippen LogP contribution < -0.4 is 5.32 Å². The molecule has 0 saturated heterocycles. The van der Waals surface area contributed by atoms with Gasteiger partial charge in [-0.25, -0.2) is 0 Å². The molecule has 3 nitrogen and oxygen atoms in total. The highest BCUT2D eigenvalue weighted by molar-refractivity contribution is 5.69. The van der Waals surface area contributed by atoms with Crippen LogP contribution in [0.1, 0.15) is 40.0 Å². The Hall–Kier alpha value is -0.570. The number of carbonyl (C=O) groups excluding carboxylic acids is 1. The lowest BCUT2D eigenvalue weighted by Crippen LogP contribution is -2.42. The van der Waals surface area contributed by atoms with Crippen LogP contribution in [-0.2, 0) is 9.53 Å². The Balaban J connectivity index is 2.10. The van der Waals surface area contributed by atoms with E-state index in [0.29, 0.717) is 13.0 Å². The molecule has 1 fully saturated rings. The fourth-order valence-electron chi connectivity index (χ4n) is 1.67. The maximum Gasteiger partial charge on any atom is 0.307 e. The van der Waals surface area contributed by atoms with Crippen LogP contribution >= 0.6 is 0 Å². The summed E-state index contributed by atoms with van der Waals surface area (Å²) in [5.41, 5.74) is 0.187. The molecule has 3 heteroatoms. The molecule has 1 aliphatic rings. The van der Waals surface area contributed by atoms with Crippen LogP contribution in [0.2, 0.25) is 0 Å². The van der Waals surface area contributed by atoms with E-state index in [2.05, 4.69) is 19.2 Å². The van der Waals surface area contributed by atoms with Crippen molar-refractivity contribution in [2.75, 3.05) is 13.2 Å². The van der Waals surface area contributed by atoms with E-state index in [0.717, 1.165) is 12.5 Å². The van der Waals surface area contributed by atoms with E-state index in [1.807, 2.05) is 6.92 Å². The minimum absolute atomic E-state index is 0.105. The number of rotatable bonds is 6. The van der Waals surface area contributed by atoms with E-state index in [4.69, 9.17) is 4.74 Å². The van der Waals surface area contributed by atoms with Gasteiger partial charge in [0.1, 0.15) is 0 Å². The van der Waals surface area contributed by atoms with E-state index >= 15 is 0 Å². The van der Waals surface area contributed by atoms with Crippen molar-refractivity contribution in [3.05, 3.63) is 0 Å². The maximum absolute atomic E-state index is 11.1. The number of esters is 1. The van der Waals surface area contributed by atoms with Crippen LogP contribution in [-0.4, -0.2) is 24.7 Å². The first kappa shape index (κ1) is 11.5. The average Bonchev–Trinajstić information content (AvgIpc) is 2.86. The van der Waals surface area contributed by atoms with Gasteiger partial charge in [-0.2, -0.15) is 0 Å². The van der Waals surface area contributed by atoms with Gasteiger partial charge in [-0.1, -0.05) is 0 Å². The third-order valence-electron chi connectivity index (χ3n) is 2.81. The minimum Gasteiger partial charge on any atom is -0.466 e. The van der Waals surface area contributed by atoms with Crippen molar-refractivity contribution >= 4 is 5.97 Å². The second kappa shape index (κ2) is 4.78. The predicted molar refractivity (Wildman–Crippen MR) is 56.1 cm³/mol. The van der Waals surface area contributed by atoms with Gasteiger partial charge in [-0.05, 0) is 39.5 Å². The lowest BCUT2D eigenvalue weighted by Gasteiger charge is -2.25. The fourth-order valence-corrected chi connectivity index (χ4v) is 1.67. The van der Waals surface area contributed by atoms with Gasteiger partial charge in [0.15, 0.2) is 0 Å². The largest absolute Gasteiger partial charge is 0.466 e. The number of hydrogen-bond donors (Lipinski definition) is 1. The molecule has 1 rings (SSSR count). The first-order chi connectivity index (χ1) is 6.56. The second-order valence-electron chi connectivity index (χ2n) is 4.48. The highest BCUT2D eigenvalue weighted by Crippen LogP contribution is 2.38. The Bertz CT molecular complexity index is 197. The van der Waals surface area contributed by atoms with Crippen molar-refractivity contribution in [3.8, 4) is 0 Å². The zero-order valence-corrected chi connectivity index (χ0v) is 9.43. The van der Waals surface area contributed by atoms with Crippen molar-refractivity contribution in [1.29, 1.82) is 0 Å². The van der Waals surface area contributed by atoms with Crippen molar-refractivity contribution in [2.24, 2.45) is 5.92 Å². The van der Waals surface area contributed by atoms with Gasteiger partial charge in [-0.15, -0.1) is 0 Å². The summed E-state index contributed by atoms with van der Waals surface area (Å²) in [5.74, 6) is 0.691. The molecule has 0 amide bonds. The Kier molecular flexibility index (Phi) is 3.93. The molecule has 0 aromatic heterocycles. The van der Waals surface area contributed by atoms with Gasteiger partial charge in [0.05, 0.1) is 13.0 Å². The molecule has 1 aliphatic carbocycles. The predicted octanol–water partition coefficient (Wildman–Crippen LogP) is 1.72. The highest BCUT2D eigenvalue weighted by Gasteiger charge is 2.37. The molecule has 1 N–H and O–H groups in total. The Morgan fingerprint density at radius 1 is 1.50 bits per heavy atom. The smallest absolute Gasteiger partial charge is 0.307 e. The molecule has 0 aromatic carbocycles. The molecular weight excluding hydrogens is 178 g/mol. The molecule has 0 unspecified atom stereocenters. The van der Waals surface area contributed by atoms with Crippen LogP contribution in [0, 0.1) is 5.92 Å². The summed E-state index contributed by atoms with van der Waals surface area (Å²) in [7, 11) is 0. The number of nitrogens with one attached hydrogen (secondary N) is 1.